The van der Waals surface area contributed by atoms with Gasteiger partial charge < -0.3 is 8.98 Å². The number of aromatic nitrogens is 4. The molecule has 0 atom stereocenters. The Hall–Kier alpha value is -8.49. The summed E-state index contributed by atoms with van der Waals surface area (Å²) >= 11 is 3.62. The van der Waals surface area contributed by atoms with E-state index < -0.39 is 0 Å². The molecule has 5 aromatic heterocycles. The van der Waals surface area contributed by atoms with Gasteiger partial charge in [0.2, 0.25) is 0 Å². The molecule has 10 aromatic carbocycles. The molecule has 7 heteroatoms. The highest BCUT2D eigenvalue weighted by molar-refractivity contribution is 7.26. The molecule has 0 unspecified atom stereocenters. The van der Waals surface area contributed by atoms with Crippen molar-refractivity contribution in [1.29, 1.82) is 0 Å². The maximum absolute atomic E-state index is 6.81. The Labute approximate surface area is 396 Å². The van der Waals surface area contributed by atoms with Crippen LogP contribution in [0.3, 0.4) is 0 Å². The monoisotopic (exact) mass is 902 g/mol. The summed E-state index contributed by atoms with van der Waals surface area (Å²) in [5.74, 6) is 1.84. The van der Waals surface area contributed by atoms with Crippen LogP contribution in [0.25, 0.3) is 146 Å². The highest BCUT2D eigenvalue weighted by Crippen LogP contribution is 2.44. The number of nitrogens with zero attached hydrogens (tertiary/aromatic N) is 4. The lowest BCUT2D eigenvalue weighted by molar-refractivity contribution is 0.670. The van der Waals surface area contributed by atoms with Crippen molar-refractivity contribution in [2.45, 2.75) is 0 Å². The van der Waals surface area contributed by atoms with E-state index in [1.807, 2.05) is 28.7 Å². The van der Waals surface area contributed by atoms with Gasteiger partial charge in [0.15, 0.2) is 17.5 Å². The van der Waals surface area contributed by atoms with Gasteiger partial charge in [0, 0.05) is 89.7 Å². The molecule has 15 rings (SSSR count). The molecule has 0 fully saturated rings. The molecule has 68 heavy (non-hydrogen) atoms. The zero-order valence-corrected chi connectivity index (χ0v) is 37.8. The van der Waals surface area contributed by atoms with Gasteiger partial charge in [-0.3, -0.25) is 0 Å². The van der Waals surface area contributed by atoms with E-state index in [2.05, 4.69) is 205 Å². The maximum Gasteiger partial charge on any atom is 0.164 e. The fourth-order valence-corrected chi connectivity index (χ4v) is 12.6. The minimum Gasteiger partial charge on any atom is -0.455 e. The Morgan fingerprint density at radius 1 is 0.338 bits per heavy atom. The molecule has 0 spiro atoms. The van der Waals surface area contributed by atoms with Crippen molar-refractivity contribution in [2.75, 3.05) is 0 Å². The predicted molar refractivity (Wildman–Crippen MR) is 286 cm³/mol. The second-order valence-corrected chi connectivity index (χ2v) is 19.7. The van der Waals surface area contributed by atoms with Crippen molar-refractivity contribution in [3.63, 3.8) is 0 Å². The van der Waals surface area contributed by atoms with Crippen molar-refractivity contribution >= 4 is 118 Å². The van der Waals surface area contributed by atoms with Crippen LogP contribution in [0.4, 0.5) is 0 Å². The van der Waals surface area contributed by atoms with Crippen LogP contribution in [0.1, 0.15) is 0 Å². The minimum absolute atomic E-state index is 0.591. The van der Waals surface area contributed by atoms with Gasteiger partial charge in [0.25, 0.3) is 0 Å². The van der Waals surface area contributed by atoms with E-state index in [4.69, 9.17) is 19.4 Å². The van der Waals surface area contributed by atoms with Crippen LogP contribution in [-0.2, 0) is 0 Å². The summed E-state index contributed by atoms with van der Waals surface area (Å²) < 4.78 is 14.2. The molecule has 0 aliphatic rings. The molecule has 0 amide bonds. The van der Waals surface area contributed by atoms with Crippen molar-refractivity contribution in [2.24, 2.45) is 0 Å². The molecule has 0 bridgehead atoms. The van der Waals surface area contributed by atoms with E-state index in [1.165, 1.54) is 61.9 Å². The lowest BCUT2D eigenvalue weighted by Crippen LogP contribution is -2.02. The van der Waals surface area contributed by atoms with Gasteiger partial charge in [0.1, 0.15) is 11.2 Å². The molecule has 0 radical (unpaired) electrons. The number of hydrogen-bond donors (Lipinski definition) is 0. The highest BCUT2D eigenvalue weighted by Gasteiger charge is 2.22. The quantitative estimate of drug-likeness (QED) is 0.173. The van der Waals surface area contributed by atoms with Gasteiger partial charge >= 0.3 is 0 Å². The van der Waals surface area contributed by atoms with Gasteiger partial charge in [-0.15, -0.1) is 22.7 Å². The fraction of sp³-hybridized carbons (Fsp3) is 0. The summed E-state index contributed by atoms with van der Waals surface area (Å²) in [5.41, 5.74) is 9.72. The number of thiophene rings is 2. The maximum atomic E-state index is 6.81. The highest BCUT2D eigenvalue weighted by atomic mass is 32.1. The minimum atomic E-state index is 0.591. The van der Waals surface area contributed by atoms with E-state index in [0.29, 0.717) is 17.5 Å². The van der Waals surface area contributed by atoms with Crippen molar-refractivity contribution in [3.05, 3.63) is 206 Å². The zero-order chi connectivity index (χ0) is 44.5. The first-order valence-electron chi connectivity index (χ1n) is 22.7. The van der Waals surface area contributed by atoms with Crippen LogP contribution in [-0.4, -0.2) is 19.5 Å². The summed E-state index contributed by atoms with van der Waals surface area (Å²) in [6, 6.07) is 73.9. The average molecular weight is 903 g/mol. The van der Waals surface area contributed by atoms with Gasteiger partial charge in [-0.2, -0.15) is 0 Å². The SMILES string of the molecule is c1ccc2cc3c(cc2c1)c1ccccc1n3-c1ccc(-c2nc(-c3ccc4sc5ccccc5c4c3)nc(-c3ccc4sc5ccccc5c4c3)n2)cc1-c1cccc2c1oc1ccccc12. The normalized spacial score (nSPS) is 12.1. The molecule has 0 saturated carbocycles. The molecule has 0 saturated heterocycles. The fourth-order valence-electron chi connectivity index (χ4n) is 10.5. The Balaban J connectivity index is 1.01. The second-order valence-electron chi connectivity index (χ2n) is 17.5. The third-order valence-corrected chi connectivity index (χ3v) is 15.9. The van der Waals surface area contributed by atoms with Crippen molar-refractivity contribution < 1.29 is 4.42 Å². The van der Waals surface area contributed by atoms with E-state index in [-0.39, 0.29) is 0 Å². The second kappa shape index (κ2) is 14.5. The van der Waals surface area contributed by atoms with Crippen LogP contribution in [0, 0.1) is 0 Å². The topological polar surface area (TPSA) is 56.7 Å². The summed E-state index contributed by atoms with van der Waals surface area (Å²) in [5, 5.41) is 11.8. The first-order valence-corrected chi connectivity index (χ1v) is 24.4. The summed E-state index contributed by atoms with van der Waals surface area (Å²) in [6.07, 6.45) is 0. The standard InChI is InChI=1S/C61H34N4OS2/c1-2-13-36-34-52-46(30-35(36)12-1)40-14-3-7-20-50(40)65(52)51-27-24-37(31-47(51)45-19-11-18-44-41-15-4-8-21-53(41)66-58(44)45)59-62-60(38-25-28-56-48(32-38)42-16-5-9-22-54(42)67-56)64-61(63-59)39-26-29-57-49(33-39)43-17-6-10-23-55(43)68-57/h1-34H. The predicted octanol–water partition coefficient (Wildman–Crippen LogP) is 17.4. The van der Waals surface area contributed by atoms with Gasteiger partial charge in [0.05, 0.1) is 16.7 Å². The summed E-state index contributed by atoms with van der Waals surface area (Å²) in [7, 11) is 0. The lowest BCUT2D eigenvalue weighted by Gasteiger charge is -2.17. The van der Waals surface area contributed by atoms with Crippen LogP contribution < -0.4 is 0 Å². The van der Waals surface area contributed by atoms with E-state index in [1.54, 1.807) is 0 Å². The number of para-hydroxylation sites is 3. The molecule has 5 heterocycles. The molecule has 316 valence electrons. The lowest BCUT2D eigenvalue weighted by atomic mass is 9.97. The first-order chi connectivity index (χ1) is 33.7. The number of furan rings is 1. The zero-order valence-electron chi connectivity index (χ0n) is 36.1. The summed E-state index contributed by atoms with van der Waals surface area (Å²) in [4.78, 5) is 16.1. The van der Waals surface area contributed by atoms with Crippen molar-refractivity contribution in [3.8, 4) is 51.0 Å². The van der Waals surface area contributed by atoms with E-state index in [0.717, 1.165) is 66.5 Å². The number of rotatable bonds is 5. The van der Waals surface area contributed by atoms with E-state index >= 15 is 0 Å². The summed E-state index contributed by atoms with van der Waals surface area (Å²) in [6.45, 7) is 0. The van der Waals surface area contributed by atoms with Gasteiger partial charge in [-0.05, 0) is 102 Å². The Morgan fingerprint density at radius 2 is 0.868 bits per heavy atom. The first kappa shape index (κ1) is 37.7. The molecule has 0 aliphatic heterocycles. The average Bonchev–Trinajstić information content (AvgIpc) is 4.16. The molecular weight excluding hydrogens is 869 g/mol. The van der Waals surface area contributed by atoms with Crippen LogP contribution in [0.15, 0.2) is 211 Å². The smallest absolute Gasteiger partial charge is 0.164 e. The Kier molecular flexibility index (Phi) is 8.04. The van der Waals surface area contributed by atoms with Gasteiger partial charge in [-0.25, -0.2) is 15.0 Å². The van der Waals surface area contributed by atoms with E-state index in [9.17, 15) is 0 Å². The van der Waals surface area contributed by atoms with Crippen molar-refractivity contribution in [1.82, 2.24) is 19.5 Å². The largest absolute Gasteiger partial charge is 0.455 e. The number of hydrogen-bond acceptors (Lipinski definition) is 6. The molecule has 0 N–H and O–H groups in total. The Morgan fingerprint density at radius 3 is 1.56 bits per heavy atom. The number of fused-ring (bicyclic) bond motifs is 13. The van der Waals surface area contributed by atoms with Gasteiger partial charge in [-0.1, -0.05) is 115 Å². The third-order valence-electron chi connectivity index (χ3n) is 13.6. The van der Waals surface area contributed by atoms with Crippen LogP contribution in [0.5, 0.6) is 0 Å². The molecular formula is C61H34N4OS2. The third kappa shape index (κ3) is 5.70. The number of benzene rings is 10. The molecule has 5 nitrogen and oxygen atoms in total. The van der Waals surface area contributed by atoms with Crippen LogP contribution >= 0.6 is 22.7 Å². The molecule has 15 aromatic rings. The van der Waals surface area contributed by atoms with Crippen LogP contribution in [0.2, 0.25) is 0 Å². The Bertz CT molecular complexity index is 4460. The molecule has 0 aliphatic carbocycles.